The fourth-order valence-corrected chi connectivity index (χ4v) is 3.83. The second kappa shape index (κ2) is 8.11. The number of amides is 2. The number of benzene rings is 2. The van der Waals surface area contributed by atoms with Crippen molar-refractivity contribution in [1.29, 1.82) is 0 Å². The molecule has 30 heavy (non-hydrogen) atoms. The Kier molecular flexibility index (Phi) is 5.52. The largest absolute Gasteiger partial charge is 0.349 e. The summed E-state index contributed by atoms with van der Waals surface area (Å²) in [7, 11) is 0. The van der Waals surface area contributed by atoms with Crippen molar-refractivity contribution in [2.45, 2.75) is 39.7 Å². The second-order valence-electron chi connectivity index (χ2n) is 7.83. The average molecular weight is 466 g/mol. The van der Waals surface area contributed by atoms with Crippen LogP contribution in [0.25, 0.3) is 5.69 Å². The van der Waals surface area contributed by atoms with Gasteiger partial charge in [-0.05, 0) is 81.6 Å². The van der Waals surface area contributed by atoms with Crippen molar-refractivity contribution in [3.8, 4) is 5.69 Å². The molecular weight excluding hydrogens is 442 g/mol. The van der Waals surface area contributed by atoms with E-state index in [4.69, 9.17) is 0 Å². The van der Waals surface area contributed by atoms with Gasteiger partial charge in [-0.1, -0.05) is 22.0 Å². The number of rotatable bonds is 5. The van der Waals surface area contributed by atoms with Crippen molar-refractivity contribution in [2.24, 2.45) is 0 Å². The molecule has 4 rings (SSSR count). The van der Waals surface area contributed by atoms with E-state index in [-0.39, 0.29) is 11.8 Å². The molecule has 2 N–H and O–H groups in total. The molecule has 1 aromatic heterocycles. The molecule has 0 radical (unpaired) electrons. The highest BCUT2D eigenvalue weighted by Gasteiger charge is 2.24. The van der Waals surface area contributed by atoms with E-state index >= 15 is 0 Å². The van der Waals surface area contributed by atoms with Gasteiger partial charge in [-0.25, -0.2) is 0 Å². The van der Waals surface area contributed by atoms with E-state index < -0.39 is 0 Å². The third kappa shape index (κ3) is 4.19. The van der Waals surface area contributed by atoms with Gasteiger partial charge in [0, 0.05) is 38.8 Å². The van der Waals surface area contributed by atoms with E-state index in [1.54, 1.807) is 12.1 Å². The Morgan fingerprint density at radius 1 is 0.967 bits per heavy atom. The van der Waals surface area contributed by atoms with Crippen LogP contribution in [-0.2, 0) is 0 Å². The SMILES string of the molecule is Cc1ccc(C(=O)NC2CC2)cc1NC(=O)c1cc(C)n(-c2ccc(Br)cc2)c1C. The van der Waals surface area contributed by atoms with Crippen molar-refractivity contribution >= 4 is 33.4 Å². The number of aromatic nitrogens is 1. The van der Waals surface area contributed by atoms with Gasteiger partial charge in [0.2, 0.25) is 0 Å². The Balaban J connectivity index is 1.59. The van der Waals surface area contributed by atoms with E-state index in [0.29, 0.717) is 22.9 Å². The standard InChI is InChI=1S/C24H24BrN3O2/c1-14-4-5-17(23(29)26-19-8-9-19)13-22(14)27-24(30)21-12-15(2)28(16(21)3)20-10-6-18(25)7-11-20/h4-7,10-13,19H,8-9H2,1-3H3,(H,26,29)(H,27,30). The number of aryl methyl sites for hydroxylation is 2. The van der Waals surface area contributed by atoms with Gasteiger partial charge in [-0.2, -0.15) is 0 Å². The Labute approximate surface area is 184 Å². The summed E-state index contributed by atoms with van der Waals surface area (Å²) in [6.45, 7) is 5.85. The summed E-state index contributed by atoms with van der Waals surface area (Å²) in [6.07, 6.45) is 2.07. The van der Waals surface area contributed by atoms with Gasteiger partial charge in [-0.3, -0.25) is 9.59 Å². The molecule has 0 spiro atoms. The van der Waals surface area contributed by atoms with Gasteiger partial charge < -0.3 is 15.2 Å². The van der Waals surface area contributed by atoms with Gasteiger partial charge in [0.25, 0.3) is 11.8 Å². The van der Waals surface area contributed by atoms with Crippen LogP contribution >= 0.6 is 15.9 Å². The molecule has 0 saturated heterocycles. The minimum absolute atomic E-state index is 0.0959. The molecule has 1 aliphatic rings. The molecule has 6 heteroatoms. The van der Waals surface area contributed by atoms with Gasteiger partial charge in [-0.15, -0.1) is 0 Å². The van der Waals surface area contributed by atoms with Crippen LogP contribution in [0.4, 0.5) is 5.69 Å². The summed E-state index contributed by atoms with van der Waals surface area (Å²) in [5, 5.41) is 5.98. The zero-order chi connectivity index (χ0) is 21.4. The van der Waals surface area contributed by atoms with Crippen molar-refractivity contribution in [3.05, 3.63) is 81.1 Å². The molecule has 2 aromatic carbocycles. The number of halogens is 1. The third-order valence-corrected chi connectivity index (χ3v) is 5.95. The predicted molar refractivity (Wildman–Crippen MR) is 123 cm³/mol. The molecule has 154 valence electrons. The Bertz CT molecular complexity index is 1130. The normalized spacial score (nSPS) is 13.2. The lowest BCUT2D eigenvalue weighted by atomic mass is 10.1. The molecule has 1 heterocycles. The maximum absolute atomic E-state index is 13.1. The topological polar surface area (TPSA) is 63.1 Å². The Morgan fingerprint density at radius 3 is 2.33 bits per heavy atom. The van der Waals surface area contributed by atoms with Crippen molar-refractivity contribution < 1.29 is 9.59 Å². The van der Waals surface area contributed by atoms with E-state index in [0.717, 1.165) is 40.0 Å². The average Bonchev–Trinajstić information content (AvgIpc) is 3.47. The number of carbonyl (C=O) groups excluding carboxylic acids is 2. The number of anilines is 1. The van der Waals surface area contributed by atoms with E-state index in [1.807, 2.05) is 57.2 Å². The number of nitrogens with zero attached hydrogens (tertiary/aromatic N) is 1. The zero-order valence-electron chi connectivity index (χ0n) is 17.3. The number of hydrogen-bond donors (Lipinski definition) is 2. The smallest absolute Gasteiger partial charge is 0.257 e. The molecule has 1 saturated carbocycles. The first kappa shape index (κ1) is 20.4. The first-order valence-electron chi connectivity index (χ1n) is 10.0. The monoisotopic (exact) mass is 465 g/mol. The van der Waals surface area contributed by atoms with E-state index in [9.17, 15) is 9.59 Å². The summed E-state index contributed by atoms with van der Waals surface area (Å²) >= 11 is 3.46. The van der Waals surface area contributed by atoms with Gasteiger partial charge >= 0.3 is 0 Å². The summed E-state index contributed by atoms with van der Waals surface area (Å²) in [6, 6.07) is 15.6. The molecule has 0 bridgehead atoms. The number of hydrogen-bond acceptors (Lipinski definition) is 2. The van der Waals surface area contributed by atoms with Crippen LogP contribution in [0.1, 0.15) is 50.5 Å². The highest BCUT2D eigenvalue weighted by molar-refractivity contribution is 9.10. The number of nitrogens with one attached hydrogen (secondary N) is 2. The number of carbonyl (C=O) groups is 2. The van der Waals surface area contributed by atoms with Gasteiger partial charge in [0.05, 0.1) is 5.56 Å². The lowest BCUT2D eigenvalue weighted by Crippen LogP contribution is -2.25. The zero-order valence-corrected chi connectivity index (χ0v) is 18.8. The molecule has 3 aromatic rings. The first-order valence-corrected chi connectivity index (χ1v) is 10.8. The quantitative estimate of drug-likeness (QED) is 0.536. The fraction of sp³-hybridized carbons (Fsp3) is 0.250. The fourth-order valence-electron chi connectivity index (χ4n) is 3.56. The second-order valence-corrected chi connectivity index (χ2v) is 8.74. The minimum Gasteiger partial charge on any atom is -0.349 e. The third-order valence-electron chi connectivity index (χ3n) is 5.42. The highest BCUT2D eigenvalue weighted by Crippen LogP contribution is 2.25. The predicted octanol–water partition coefficient (Wildman–Crippen LogP) is 5.31. The Morgan fingerprint density at radius 2 is 1.67 bits per heavy atom. The molecule has 0 unspecified atom stereocenters. The van der Waals surface area contributed by atoms with Crippen LogP contribution in [0.2, 0.25) is 0 Å². The summed E-state index contributed by atoms with van der Waals surface area (Å²) < 4.78 is 3.07. The van der Waals surface area contributed by atoms with E-state index in [1.165, 1.54) is 0 Å². The minimum atomic E-state index is -0.186. The van der Waals surface area contributed by atoms with Crippen LogP contribution in [0.5, 0.6) is 0 Å². The van der Waals surface area contributed by atoms with E-state index in [2.05, 4.69) is 31.1 Å². The molecule has 1 aliphatic carbocycles. The lowest BCUT2D eigenvalue weighted by molar-refractivity contribution is 0.0949. The Hall–Kier alpha value is -2.86. The highest BCUT2D eigenvalue weighted by atomic mass is 79.9. The van der Waals surface area contributed by atoms with Gasteiger partial charge in [0.15, 0.2) is 0 Å². The lowest BCUT2D eigenvalue weighted by Gasteiger charge is -2.12. The molecular formula is C24H24BrN3O2. The molecule has 0 atom stereocenters. The molecule has 1 fully saturated rings. The molecule has 0 aliphatic heterocycles. The maximum Gasteiger partial charge on any atom is 0.257 e. The summed E-state index contributed by atoms with van der Waals surface area (Å²) in [5.41, 5.74) is 5.58. The summed E-state index contributed by atoms with van der Waals surface area (Å²) in [4.78, 5) is 25.4. The van der Waals surface area contributed by atoms with Crippen LogP contribution in [-0.4, -0.2) is 22.4 Å². The molecule has 5 nitrogen and oxygen atoms in total. The van der Waals surface area contributed by atoms with Crippen molar-refractivity contribution in [3.63, 3.8) is 0 Å². The summed E-state index contributed by atoms with van der Waals surface area (Å²) in [5.74, 6) is -0.282. The van der Waals surface area contributed by atoms with Crippen molar-refractivity contribution in [2.75, 3.05) is 5.32 Å². The van der Waals surface area contributed by atoms with Crippen LogP contribution < -0.4 is 10.6 Å². The van der Waals surface area contributed by atoms with Crippen LogP contribution in [0.15, 0.2) is 53.0 Å². The molecule has 2 amide bonds. The first-order chi connectivity index (χ1) is 14.3. The van der Waals surface area contributed by atoms with Crippen molar-refractivity contribution in [1.82, 2.24) is 9.88 Å². The maximum atomic E-state index is 13.1. The van der Waals surface area contributed by atoms with Crippen LogP contribution in [0, 0.1) is 20.8 Å². The van der Waals surface area contributed by atoms with Crippen LogP contribution in [0.3, 0.4) is 0 Å². The van der Waals surface area contributed by atoms with Gasteiger partial charge in [0.1, 0.15) is 0 Å².